The Morgan fingerprint density at radius 3 is 1.94 bits per heavy atom. The fourth-order valence-corrected chi connectivity index (χ4v) is 14.4. The quantitative estimate of drug-likeness (QED) is 0.165. The molecule has 0 radical (unpaired) electrons. The van der Waals surface area contributed by atoms with Gasteiger partial charge < -0.3 is 38.2 Å². The van der Waals surface area contributed by atoms with Crippen LogP contribution in [0.2, 0.25) is 5.02 Å². The zero-order valence-electron chi connectivity index (χ0n) is 38.8. The molecule has 9 saturated heterocycles. The molecule has 9 aliphatic heterocycles. The summed E-state index contributed by atoms with van der Waals surface area (Å²) in [7, 11) is 0. The summed E-state index contributed by atoms with van der Waals surface area (Å²) in [5.41, 5.74) is 0.783. The smallest absolute Gasteiger partial charge is 0.201 e. The topological polar surface area (TPSA) is 120 Å². The average Bonchev–Trinajstić information content (AvgIpc) is 3.66. The van der Waals surface area contributed by atoms with Crippen LogP contribution in [0.3, 0.4) is 0 Å². The molecule has 354 valence electrons. The van der Waals surface area contributed by atoms with Crippen LogP contribution in [0, 0.1) is 47.3 Å². The van der Waals surface area contributed by atoms with E-state index in [1.165, 1.54) is 12.8 Å². The van der Waals surface area contributed by atoms with Crippen LogP contribution >= 0.6 is 11.6 Å². The van der Waals surface area contributed by atoms with Gasteiger partial charge in [-0.25, -0.2) is 19.6 Å². The lowest BCUT2D eigenvalue weighted by molar-refractivity contribution is -0.931. The van der Waals surface area contributed by atoms with E-state index in [9.17, 15) is 0 Å². The van der Waals surface area contributed by atoms with Gasteiger partial charge in [-0.3, -0.25) is 9.88 Å². The molecule has 4 bridgehead atoms. The van der Waals surface area contributed by atoms with Crippen molar-refractivity contribution in [3.8, 4) is 0 Å². The number of hydrogen-bond donors (Lipinski definition) is 1. The highest BCUT2D eigenvalue weighted by Gasteiger charge is 2.71. The number of pyridine rings is 1. The van der Waals surface area contributed by atoms with Crippen molar-refractivity contribution < 1.29 is 52.5 Å². The minimum atomic E-state index is -0.809. The van der Waals surface area contributed by atoms with Crippen molar-refractivity contribution in [3.63, 3.8) is 0 Å². The van der Waals surface area contributed by atoms with E-state index in [1.54, 1.807) is 0 Å². The number of benzene rings is 1. The number of nitrogens with one attached hydrogen (secondary N) is 1. The number of hydrogen-bond acceptors (Lipinski definition) is 13. The first-order valence-corrected chi connectivity index (χ1v) is 25.2. The molecule has 11 fully saturated rings. The highest BCUT2D eigenvalue weighted by atomic mass is 35.5. The van der Waals surface area contributed by atoms with Gasteiger partial charge in [0.1, 0.15) is 6.54 Å². The van der Waals surface area contributed by atoms with Crippen LogP contribution in [0.5, 0.6) is 0 Å². The third-order valence-corrected chi connectivity index (χ3v) is 18.4. The van der Waals surface area contributed by atoms with Gasteiger partial charge in [-0.2, -0.15) is 0 Å². The molecule has 2 unspecified atom stereocenters. The molecular formula is C49H72ClN4O10+. The third kappa shape index (κ3) is 7.56. The molecule has 14 nitrogen and oxygen atoms in total. The Bertz CT molecular complexity index is 2010. The van der Waals surface area contributed by atoms with Crippen molar-refractivity contribution in [1.82, 2.24) is 9.88 Å². The molecule has 1 aromatic carbocycles. The molecule has 1 aromatic heterocycles. The number of aromatic nitrogens is 1. The van der Waals surface area contributed by atoms with Gasteiger partial charge in [-0.05, 0) is 100 Å². The van der Waals surface area contributed by atoms with E-state index in [-0.39, 0.29) is 36.3 Å². The van der Waals surface area contributed by atoms with Gasteiger partial charge >= 0.3 is 0 Å². The summed E-state index contributed by atoms with van der Waals surface area (Å²) in [5, 5.41) is 5.53. The molecular weight excluding hydrogens is 840 g/mol. The Hall–Kier alpha value is -1.76. The maximum Gasteiger partial charge on any atom is 0.201 e. The first-order valence-electron chi connectivity index (χ1n) is 24.8. The second-order valence-corrected chi connectivity index (χ2v) is 22.2. The standard InChI is InChI=1S/C49H72ClN4O10/c1-30-7-11-38-32(3)42(57-44-48(38)36(30)13-16-46(5,59-44)61-63-48)55-27-22-53-20-24-54(25-21-53,23-19-52-40-15-18-51-41-29-34(50)9-10-35(40)41)26-28-56-43-33(4)39-12-8-31(2)37-14-17-47(6)60-45(58-43)49(37,39)64-62-47/h9-10,15,18,29-33,36-39,42-45H,7-8,11-14,16-17,19-28H2,1-6H3,(H,51,52)/q+1/t30-,31-,32-,33-,36+,37+,38+,39+,42?,43?,44-,45-,46-,47-,48-,49-/m1/s1. The molecule has 2 aliphatic carbocycles. The highest BCUT2D eigenvalue weighted by Crippen LogP contribution is 2.62. The minimum absolute atomic E-state index is 0.138. The predicted molar refractivity (Wildman–Crippen MR) is 237 cm³/mol. The van der Waals surface area contributed by atoms with Crippen molar-refractivity contribution in [2.75, 3.05) is 70.9 Å². The Morgan fingerprint density at radius 1 is 0.734 bits per heavy atom. The summed E-state index contributed by atoms with van der Waals surface area (Å²) in [6.45, 7) is 21.8. The maximum absolute atomic E-state index is 6.84. The van der Waals surface area contributed by atoms with Crippen molar-refractivity contribution in [1.29, 1.82) is 0 Å². The molecule has 10 heterocycles. The first-order chi connectivity index (χ1) is 30.8. The van der Waals surface area contributed by atoms with E-state index in [4.69, 9.17) is 59.6 Å². The summed E-state index contributed by atoms with van der Waals surface area (Å²) < 4.78 is 41.3. The predicted octanol–water partition coefficient (Wildman–Crippen LogP) is 7.88. The molecule has 2 saturated carbocycles. The van der Waals surface area contributed by atoms with Crippen LogP contribution in [0.15, 0.2) is 30.5 Å². The van der Waals surface area contributed by atoms with Gasteiger partial charge in [0.15, 0.2) is 36.4 Å². The van der Waals surface area contributed by atoms with Gasteiger partial charge in [-0.15, -0.1) is 0 Å². The van der Waals surface area contributed by atoms with Crippen LogP contribution in [-0.2, 0) is 48.0 Å². The van der Waals surface area contributed by atoms with Crippen LogP contribution in [0.25, 0.3) is 10.9 Å². The Kier molecular flexibility index (Phi) is 11.9. The molecule has 2 aromatic rings. The minimum Gasteiger partial charge on any atom is -0.379 e. The number of rotatable bonds is 12. The molecule has 11 aliphatic rings. The lowest BCUT2D eigenvalue weighted by atomic mass is 9.58. The summed E-state index contributed by atoms with van der Waals surface area (Å²) in [4.78, 5) is 32.0. The van der Waals surface area contributed by atoms with Crippen LogP contribution < -0.4 is 5.32 Å². The highest BCUT2D eigenvalue weighted by molar-refractivity contribution is 6.31. The van der Waals surface area contributed by atoms with Gasteiger partial charge in [0, 0.05) is 78.4 Å². The van der Waals surface area contributed by atoms with Gasteiger partial charge in [-0.1, -0.05) is 39.3 Å². The van der Waals surface area contributed by atoms with E-state index < -0.39 is 35.4 Å². The number of halogens is 1. The van der Waals surface area contributed by atoms with Crippen molar-refractivity contribution in [2.24, 2.45) is 47.3 Å². The summed E-state index contributed by atoms with van der Waals surface area (Å²) in [5.74, 6) is 0.891. The zero-order valence-corrected chi connectivity index (χ0v) is 39.6. The fourth-order valence-electron chi connectivity index (χ4n) is 14.2. The Labute approximate surface area is 383 Å². The monoisotopic (exact) mass is 911 g/mol. The molecule has 16 atom stereocenters. The normalized spacial score (nSPS) is 45.9. The Balaban J connectivity index is 0.741. The molecule has 1 N–H and O–H groups in total. The van der Waals surface area contributed by atoms with E-state index in [1.807, 2.05) is 32.2 Å². The summed E-state index contributed by atoms with van der Waals surface area (Å²) >= 11 is 6.33. The van der Waals surface area contributed by atoms with Crippen molar-refractivity contribution in [3.05, 3.63) is 35.5 Å². The molecule has 64 heavy (non-hydrogen) atoms. The van der Waals surface area contributed by atoms with Gasteiger partial charge in [0.05, 0.1) is 44.9 Å². The Morgan fingerprint density at radius 2 is 1.33 bits per heavy atom. The van der Waals surface area contributed by atoms with E-state index in [0.717, 1.165) is 112 Å². The zero-order chi connectivity index (χ0) is 44.1. The summed E-state index contributed by atoms with van der Waals surface area (Å²) in [6, 6.07) is 7.97. The number of piperazine rings is 1. The van der Waals surface area contributed by atoms with Crippen LogP contribution in [0.1, 0.15) is 92.9 Å². The first kappa shape index (κ1) is 44.7. The van der Waals surface area contributed by atoms with E-state index >= 15 is 0 Å². The van der Waals surface area contributed by atoms with Crippen LogP contribution in [0.4, 0.5) is 5.69 Å². The third-order valence-electron chi connectivity index (χ3n) is 18.1. The molecule has 2 spiro atoms. The number of fused-ring (bicyclic) bond motifs is 5. The van der Waals surface area contributed by atoms with E-state index in [0.29, 0.717) is 41.9 Å². The number of anilines is 1. The number of quaternary nitrogens is 1. The largest absolute Gasteiger partial charge is 0.379 e. The van der Waals surface area contributed by atoms with Gasteiger partial charge in [0.25, 0.3) is 0 Å². The second kappa shape index (κ2) is 17.0. The SMILES string of the molecule is C[C@@H]1CC[C@H]2[C@@H](C)C(OCCN3CC[N+](CCNc4ccnc5cc(Cl)ccc45)(CCOC4O[C@@H]5O[C@@]6(C)CC[C@H]7[C@H](C)CC[C@@H]([C@H]4C)[C@@]57OO6)CC3)O[C@@H]3O[C@@]4(C)CC[C@@H]1[C@]32OO4. The molecule has 13 rings (SSSR count). The second-order valence-electron chi connectivity index (χ2n) is 21.8. The lowest BCUT2D eigenvalue weighted by Crippen LogP contribution is -2.70. The fraction of sp³-hybridized carbons (Fsp3) is 0.816. The molecule has 0 amide bonds. The molecule has 15 heteroatoms. The van der Waals surface area contributed by atoms with Crippen molar-refractivity contribution in [2.45, 2.75) is 141 Å². The van der Waals surface area contributed by atoms with Crippen molar-refractivity contribution >= 4 is 28.2 Å². The van der Waals surface area contributed by atoms with E-state index in [2.05, 4.69) is 55.0 Å². The maximum atomic E-state index is 6.84. The summed E-state index contributed by atoms with van der Waals surface area (Å²) in [6.07, 6.45) is 8.20. The lowest BCUT2D eigenvalue weighted by Gasteiger charge is -2.60. The number of ether oxygens (including phenoxy) is 6. The van der Waals surface area contributed by atoms with Crippen LogP contribution in [-0.4, -0.2) is 128 Å². The average molecular weight is 913 g/mol. The van der Waals surface area contributed by atoms with Gasteiger partial charge in [0.2, 0.25) is 11.6 Å². The number of nitrogens with zero attached hydrogens (tertiary/aromatic N) is 3.